The molecule has 0 saturated heterocycles. The number of methoxy groups -OCH3 is 1. The van der Waals surface area contributed by atoms with Crippen LogP contribution in [0.3, 0.4) is 0 Å². The summed E-state index contributed by atoms with van der Waals surface area (Å²) < 4.78 is 7.10. The molecule has 4 heteroatoms. The second-order valence-corrected chi connectivity index (χ2v) is 5.68. The van der Waals surface area contributed by atoms with Crippen molar-refractivity contribution >= 4 is 27.7 Å². The van der Waals surface area contributed by atoms with Gasteiger partial charge < -0.3 is 4.74 Å². The SMILES string of the molecule is COc1ccc2c(c1)c1ccnc(C)c1n2C(=O)c1ccccc1. The third-order valence-electron chi connectivity index (χ3n) is 4.29. The summed E-state index contributed by atoms with van der Waals surface area (Å²) in [6.07, 6.45) is 1.77. The lowest BCUT2D eigenvalue weighted by Gasteiger charge is -2.07. The molecule has 2 aromatic heterocycles. The maximum absolute atomic E-state index is 13.1. The first kappa shape index (κ1) is 14.5. The van der Waals surface area contributed by atoms with Crippen molar-refractivity contribution in [3.63, 3.8) is 0 Å². The predicted molar refractivity (Wildman–Crippen MR) is 94.7 cm³/mol. The van der Waals surface area contributed by atoms with E-state index in [1.54, 1.807) is 17.9 Å². The minimum atomic E-state index is -0.0585. The quantitative estimate of drug-likeness (QED) is 0.557. The fourth-order valence-electron chi connectivity index (χ4n) is 3.15. The number of aromatic nitrogens is 2. The smallest absolute Gasteiger partial charge is 0.262 e. The van der Waals surface area contributed by atoms with Gasteiger partial charge in [-0.05, 0) is 43.3 Å². The largest absolute Gasteiger partial charge is 0.497 e. The Kier molecular flexibility index (Phi) is 3.31. The van der Waals surface area contributed by atoms with Gasteiger partial charge >= 0.3 is 0 Å². The van der Waals surface area contributed by atoms with E-state index < -0.39 is 0 Å². The highest BCUT2D eigenvalue weighted by Gasteiger charge is 2.19. The highest BCUT2D eigenvalue weighted by Crippen LogP contribution is 2.33. The highest BCUT2D eigenvalue weighted by molar-refractivity contribution is 6.16. The minimum Gasteiger partial charge on any atom is -0.497 e. The second-order valence-electron chi connectivity index (χ2n) is 5.68. The monoisotopic (exact) mass is 316 g/mol. The summed E-state index contributed by atoms with van der Waals surface area (Å²) in [6, 6.07) is 17.0. The summed E-state index contributed by atoms with van der Waals surface area (Å²) in [4.78, 5) is 17.5. The Bertz CT molecular complexity index is 1070. The lowest BCUT2D eigenvalue weighted by atomic mass is 10.1. The molecule has 0 aliphatic carbocycles. The van der Waals surface area contributed by atoms with Crippen LogP contribution in [0, 0.1) is 6.92 Å². The van der Waals surface area contributed by atoms with Crippen molar-refractivity contribution in [3.8, 4) is 5.75 Å². The van der Waals surface area contributed by atoms with Crippen LogP contribution in [0.15, 0.2) is 60.8 Å². The number of carbonyl (C=O) groups excluding carboxylic acids is 1. The summed E-state index contributed by atoms with van der Waals surface area (Å²) in [5.74, 6) is 0.708. The fourth-order valence-corrected chi connectivity index (χ4v) is 3.15. The molecule has 0 radical (unpaired) electrons. The fraction of sp³-hybridized carbons (Fsp3) is 0.100. The van der Waals surface area contributed by atoms with E-state index in [-0.39, 0.29) is 5.91 Å². The molecule has 0 unspecified atom stereocenters. The van der Waals surface area contributed by atoms with Crippen molar-refractivity contribution in [3.05, 3.63) is 72.1 Å². The molecule has 2 aromatic carbocycles. The van der Waals surface area contributed by atoms with Gasteiger partial charge in [-0.15, -0.1) is 0 Å². The van der Waals surface area contributed by atoms with E-state index in [1.165, 1.54) is 0 Å². The van der Waals surface area contributed by atoms with E-state index in [2.05, 4.69) is 4.98 Å². The van der Waals surface area contributed by atoms with E-state index in [4.69, 9.17) is 4.74 Å². The zero-order chi connectivity index (χ0) is 16.7. The van der Waals surface area contributed by atoms with Crippen LogP contribution in [0.25, 0.3) is 21.8 Å². The number of hydrogen-bond acceptors (Lipinski definition) is 3. The van der Waals surface area contributed by atoms with Crippen LogP contribution >= 0.6 is 0 Å². The molecule has 118 valence electrons. The number of aryl methyl sites for hydroxylation is 1. The number of nitrogens with zero attached hydrogens (tertiary/aromatic N) is 2. The van der Waals surface area contributed by atoms with Crippen molar-refractivity contribution in [1.29, 1.82) is 0 Å². The number of rotatable bonds is 2. The lowest BCUT2D eigenvalue weighted by Crippen LogP contribution is -2.12. The van der Waals surface area contributed by atoms with E-state index in [9.17, 15) is 4.79 Å². The van der Waals surface area contributed by atoms with Crippen LogP contribution < -0.4 is 4.74 Å². The molecule has 2 heterocycles. The molecule has 0 fully saturated rings. The van der Waals surface area contributed by atoms with E-state index >= 15 is 0 Å². The molecular weight excluding hydrogens is 300 g/mol. The molecule has 4 aromatic rings. The van der Waals surface area contributed by atoms with Gasteiger partial charge in [0.1, 0.15) is 5.75 Å². The normalized spacial score (nSPS) is 11.1. The first-order valence-electron chi connectivity index (χ1n) is 7.74. The van der Waals surface area contributed by atoms with Gasteiger partial charge in [-0.3, -0.25) is 14.3 Å². The predicted octanol–water partition coefficient (Wildman–Crippen LogP) is 4.20. The number of carbonyl (C=O) groups is 1. The standard InChI is InChI=1S/C20H16N2O2/c1-13-19-16(10-11-21-13)17-12-15(24-2)8-9-18(17)22(19)20(23)14-6-4-3-5-7-14/h3-12H,1-2H3. The molecule has 4 rings (SSSR count). The summed E-state index contributed by atoms with van der Waals surface area (Å²) in [6.45, 7) is 1.92. The van der Waals surface area contributed by atoms with Gasteiger partial charge in [-0.2, -0.15) is 0 Å². The minimum absolute atomic E-state index is 0.0585. The van der Waals surface area contributed by atoms with Crippen LogP contribution in [-0.2, 0) is 0 Å². The van der Waals surface area contributed by atoms with Crippen molar-refractivity contribution < 1.29 is 9.53 Å². The molecule has 24 heavy (non-hydrogen) atoms. The summed E-state index contributed by atoms with van der Waals surface area (Å²) in [5, 5.41) is 1.99. The lowest BCUT2D eigenvalue weighted by molar-refractivity contribution is 0.0969. The number of hydrogen-bond donors (Lipinski definition) is 0. The third-order valence-corrected chi connectivity index (χ3v) is 4.29. The molecule has 0 bridgehead atoms. The Morgan fingerprint density at radius 3 is 2.58 bits per heavy atom. The van der Waals surface area contributed by atoms with E-state index in [1.807, 2.05) is 61.5 Å². The maximum atomic E-state index is 13.1. The molecule has 0 N–H and O–H groups in total. The number of benzene rings is 2. The van der Waals surface area contributed by atoms with Crippen LogP contribution in [0.4, 0.5) is 0 Å². The third kappa shape index (κ3) is 2.07. The van der Waals surface area contributed by atoms with E-state index in [0.29, 0.717) is 5.56 Å². The van der Waals surface area contributed by atoms with Crippen molar-refractivity contribution in [1.82, 2.24) is 9.55 Å². The van der Waals surface area contributed by atoms with Crippen LogP contribution in [0.1, 0.15) is 16.1 Å². The average molecular weight is 316 g/mol. The molecular formula is C20H16N2O2. The van der Waals surface area contributed by atoms with Crippen LogP contribution in [0.5, 0.6) is 5.75 Å². The Labute approximate surface area is 139 Å². The Morgan fingerprint density at radius 1 is 1.04 bits per heavy atom. The first-order valence-corrected chi connectivity index (χ1v) is 7.74. The molecule has 0 saturated carbocycles. The topological polar surface area (TPSA) is 44.1 Å². The number of fused-ring (bicyclic) bond motifs is 3. The molecule has 0 atom stereocenters. The van der Waals surface area contributed by atoms with E-state index in [0.717, 1.165) is 33.2 Å². The molecule has 0 amide bonds. The Hall–Kier alpha value is -3.14. The molecule has 0 spiro atoms. The highest BCUT2D eigenvalue weighted by atomic mass is 16.5. The van der Waals surface area contributed by atoms with Gasteiger partial charge in [-0.1, -0.05) is 18.2 Å². The molecule has 0 aliphatic heterocycles. The van der Waals surface area contributed by atoms with Crippen molar-refractivity contribution in [2.75, 3.05) is 7.11 Å². The first-order chi connectivity index (χ1) is 11.7. The summed E-state index contributed by atoms with van der Waals surface area (Å²) >= 11 is 0. The van der Waals surface area contributed by atoms with Crippen molar-refractivity contribution in [2.45, 2.75) is 6.92 Å². The van der Waals surface area contributed by atoms with Crippen LogP contribution in [-0.4, -0.2) is 22.6 Å². The van der Waals surface area contributed by atoms with Gasteiger partial charge in [-0.25, -0.2) is 0 Å². The van der Waals surface area contributed by atoms with Gasteiger partial charge in [0.15, 0.2) is 0 Å². The number of pyridine rings is 1. The average Bonchev–Trinajstić information content (AvgIpc) is 2.97. The second kappa shape index (κ2) is 5.49. The van der Waals surface area contributed by atoms with Gasteiger partial charge in [0.2, 0.25) is 0 Å². The van der Waals surface area contributed by atoms with Gasteiger partial charge in [0.25, 0.3) is 5.91 Å². The molecule has 0 aliphatic rings. The van der Waals surface area contributed by atoms with Crippen molar-refractivity contribution in [2.24, 2.45) is 0 Å². The Balaban J connectivity index is 2.11. The number of ether oxygens (including phenoxy) is 1. The Morgan fingerprint density at radius 2 is 1.83 bits per heavy atom. The summed E-state index contributed by atoms with van der Waals surface area (Å²) in [7, 11) is 1.64. The maximum Gasteiger partial charge on any atom is 0.262 e. The zero-order valence-corrected chi connectivity index (χ0v) is 13.5. The van der Waals surface area contributed by atoms with Crippen LogP contribution in [0.2, 0.25) is 0 Å². The summed E-state index contributed by atoms with van der Waals surface area (Å²) in [5.41, 5.74) is 3.17. The van der Waals surface area contributed by atoms with Gasteiger partial charge in [0, 0.05) is 22.5 Å². The molecule has 4 nitrogen and oxygen atoms in total. The van der Waals surface area contributed by atoms with Gasteiger partial charge in [0.05, 0.1) is 23.8 Å². The zero-order valence-electron chi connectivity index (χ0n) is 13.5.